The van der Waals surface area contributed by atoms with Crippen molar-refractivity contribution in [2.24, 2.45) is 0 Å². The Hall–Kier alpha value is -2.13. The maximum absolute atomic E-state index is 12.4. The normalized spacial score (nSPS) is 16.8. The molecular weight excluding hydrogens is 252 g/mol. The van der Waals surface area contributed by atoms with Crippen LogP contribution in [0, 0.1) is 6.92 Å². The molecule has 102 valence electrons. The fraction of sp³-hybridized carbons (Fsp3) is 0.235. The molecule has 0 saturated carbocycles. The average Bonchev–Trinajstić information content (AvgIpc) is 3.30. The SMILES string of the molecule is Cc1ccc(C(=O)c2cccc(OCC3CO3)c2)cc1. The standard InChI is InChI=1S/C17H16O3/c1-12-5-7-13(8-6-12)17(18)14-3-2-4-15(9-14)19-10-16-11-20-16/h2-9,16H,10-11H2,1H3. The van der Waals surface area contributed by atoms with Gasteiger partial charge in [-0.05, 0) is 19.1 Å². The van der Waals surface area contributed by atoms with Crippen molar-refractivity contribution in [3.8, 4) is 5.75 Å². The van der Waals surface area contributed by atoms with E-state index >= 15 is 0 Å². The predicted molar refractivity (Wildman–Crippen MR) is 76.3 cm³/mol. The zero-order valence-corrected chi connectivity index (χ0v) is 11.3. The Bertz CT molecular complexity index is 612. The number of carbonyl (C=O) groups excluding carboxylic acids is 1. The topological polar surface area (TPSA) is 38.8 Å². The molecule has 3 rings (SSSR count). The summed E-state index contributed by atoms with van der Waals surface area (Å²) in [5.41, 5.74) is 2.48. The van der Waals surface area contributed by atoms with Gasteiger partial charge in [-0.2, -0.15) is 0 Å². The van der Waals surface area contributed by atoms with E-state index in [1.54, 1.807) is 6.07 Å². The number of rotatable bonds is 5. The van der Waals surface area contributed by atoms with E-state index < -0.39 is 0 Å². The van der Waals surface area contributed by atoms with Crippen LogP contribution in [0.25, 0.3) is 0 Å². The predicted octanol–water partition coefficient (Wildman–Crippen LogP) is 3.00. The van der Waals surface area contributed by atoms with Crippen LogP contribution in [0.4, 0.5) is 0 Å². The molecule has 1 heterocycles. The van der Waals surface area contributed by atoms with Gasteiger partial charge in [0.25, 0.3) is 0 Å². The van der Waals surface area contributed by atoms with Crippen LogP contribution >= 0.6 is 0 Å². The fourth-order valence-corrected chi connectivity index (χ4v) is 1.95. The number of ether oxygens (including phenoxy) is 2. The Morgan fingerprint density at radius 1 is 1.20 bits per heavy atom. The summed E-state index contributed by atoms with van der Waals surface area (Å²) in [6.45, 7) is 3.31. The lowest BCUT2D eigenvalue weighted by Gasteiger charge is -2.06. The number of ketones is 1. The van der Waals surface area contributed by atoms with Gasteiger partial charge in [0, 0.05) is 11.1 Å². The van der Waals surface area contributed by atoms with Crippen molar-refractivity contribution in [1.29, 1.82) is 0 Å². The van der Waals surface area contributed by atoms with Gasteiger partial charge in [0.1, 0.15) is 18.5 Å². The minimum atomic E-state index is 0.0121. The lowest BCUT2D eigenvalue weighted by atomic mass is 10.0. The molecule has 3 nitrogen and oxygen atoms in total. The maximum atomic E-state index is 12.4. The summed E-state index contributed by atoms with van der Waals surface area (Å²) in [7, 11) is 0. The molecule has 1 atom stereocenters. The van der Waals surface area contributed by atoms with Crippen molar-refractivity contribution >= 4 is 5.78 Å². The summed E-state index contributed by atoms with van der Waals surface area (Å²) in [5, 5.41) is 0. The molecule has 1 aliphatic rings. The Morgan fingerprint density at radius 2 is 1.95 bits per heavy atom. The summed E-state index contributed by atoms with van der Waals surface area (Å²) in [5.74, 6) is 0.719. The van der Waals surface area contributed by atoms with Crippen LogP contribution in [0.3, 0.4) is 0 Å². The van der Waals surface area contributed by atoms with Gasteiger partial charge in [0.2, 0.25) is 0 Å². The van der Waals surface area contributed by atoms with Crippen LogP contribution in [0.2, 0.25) is 0 Å². The van der Waals surface area contributed by atoms with Gasteiger partial charge in [-0.25, -0.2) is 0 Å². The van der Waals surface area contributed by atoms with E-state index in [4.69, 9.17) is 9.47 Å². The summed E-state index contributed by atoms with van der Waals surface area (Å²) in [4.78, 5) is 12.4. The molecule has 2 aromatic carbocycles. The molecule has 0 amide bonds. The third-order valence-electron chi connectivity index (χ3n) is 3.25. The fourth-order valence-electron chi connectivity index (χ4n) is 1.95. The van der Waals surface area contributed by atoms with Crippen LogP contribution < -0.4 is 4.74 Å². The van der Waals surface area contributed by atoms with Gasteiger partial charge in [-0.3, -0.25) is 4.79 Å². The molecule has 0 bridgehead atoms. The summed E-state index contributed by atoms with van der Waals surface area (Å²) in [6.07, 6.45) is 0.214. The first kappa shape index (κ1) is 12.9. The number of epoxide rings is 1. The quantitative estimate of drug-likeness (QED) is 0.618. The van der Waals surface area contributed by atoms with Crippen molar-refractivity contribution in [2.45, 2.75) is 13.0 Å². The van der Waals surface area contributed by atoms with E-state index in [2.05, 4.69) is 0 Å². The summed E-state index contributed by atoms with van der Waals surface area (Å²) >= 11 is 0. The number of hydrogen-bond acceptors (Lipinski definition) is 3. The Morgan fingerprint density at radius 3 is 2.65 bits per heavy atom. The molecule has 0 N–H and O–H groups in total. The maximum Gasteiger partial charge on any atom is 0.193 e. The number of hydrogen-bond donors (Lipinski definition) is 0. The largest absolute Gasteiger partial charge is 0.491 e. The smallest absolute Gasteiger partial charge is 0.193 e. The minimum absolute atomic E-state index is 0.0121. The van der Waals surface area contributed by atoms with Crippen LogP contribution in [-0.2, 0) is 4.74 Å². The third-order valence-corrected chi connectivity index (χ3v) is 3.25. The van der Waals surface area contributed by atoms with Gasteiger partial charge in [-0.1, -0.05) is 42.0 Å². The van der Waals surface area contributed by atoms with Crippen molar-refractivity contribution in [2.75, 3.05) is 13.2 Å². The molecule has 2 aromatic rings. The second kappa shape index (κ2) is 5.47. The van der Waals surface area contributed by atoms with E-state index in [1.165, 1.54) is 0 Å². The molecule has 0 spiro atoms. The molecule has 1 aliphatic heterocycles. The van der Waals surface area contributed by atoms with Gasteiger partial charge < -0.3 is 9.47 Å². The van der Waals surface area contributed by atoms with E-state index in [9.17, 15) is 4.79 Å². The van der Waals surface area contributed by atoms with Crippen molar-refractivity contribution < 1.29 is 14.3 Å². The Labute approximate surface area is 118 Å². The van der Waals surface area contributed by atoms with Gasteiger partial charge in [0.15, 0.2) is 5.78 Å². The molecule has 1 unspecified atom stereocenters. The van der Waals surface area contributed by atoms with Crippen LogP contribution in [0.1, 0.15) is 21.5 Å². The number of aryl methyl sites for hydroxylation is 1. The van der Waals surface area contributed by atoms with E-state index in [0.29, 0.717) is 23.5 Å². The summed E-state index contributed by atoms with van der Waals surface area (Å²) in [6, 6.07) is 14.9. The van der Waals surface area contributed by atoms with Crippen LogP contribution in [0.5, 0.6) is 5.75 Å². The first-order chi connectivity index (χ1) is 9.72. The minimum Gasteiger partial charge on any atom is -0.491 e. The van der Waals surface area contributed by atoms with Gasteiger partial charge >= 0.3 is 0 Å². The summed E-state index contributed by atoms with van der Waals surface area (Å²) < 4.78 is 10.7. The van der Waals surface area contributed by atoms with Crippen molar-refractivity contribution in [1.82, 2.24) is 0 Å². The highest BCUT2D eigenvalue weighted by Crippen LogP contribution is 2.19. The molecule has 1 fully saturated rings. The lowest BCUT2D eigenvalue weighted by molar-refractivity contribution is 0.103. The molecule has 1 saturated heterocycles. The zero-order valence-electron chi connectivity index (χ0n) is 11.3. The molecule has 0 aromatic heterocycles. The molecule has 3 heteroatoms. The van der Waals surface area contributed by atoms with E-state index in [1.807, 2.05) is 49.4 Å². The van der Waals surface area contributed by atoms with E-state index in [-0.39, 0.29) is 11.9 Å². The molecular formula is C17H16O3. The highest BCUT2D eigenvalue weighted by Gasteiger charge is 2.23. The average molecular weight is 268 g/mol. The van der Waals surface area contributed by atoms with Crippen molar-refractivity contribution in [3.63, 3.8) is 0 Å². The first-order valence-electron chi connectivity index (χ1n) is 6.68. The Kier molecular flexibility index (Phi) is 3.52. The molecule has 0 aliphatic carbocycles. The third kappa shape index (κ3) is 3.06. The number of carbonyl (C=O) groups is 1. The molecule has 0 radical (unpaired) electrons. The van der Waals surface area contributed by atoms with Crippen LogP contribution in [0.15, 0.2) is 48.5 Å². The highest BCUT2D eigenvalue weighted by molar-refractivity contribution is 6.09. The zero-order chi connectivity index (χ0) is 13.9. The van der Waals surface area contributed by atoms with Crippen LogP contribution in [-0.4, -0.2) is 25.1 Å². The Balaban J connectivity index is 1.76. The second-order valence-corrected chi connectivity index (χ2v) is 4.99. The lowest BCUT2D eigenvalue weighted by Crippen LogP contribution is -2.06. The monoisotopic (exact) mass is 268 g/mol. The second-order valence-electron chi connectivity index (χ2n) is 4.99. The number of benzene rings is 2. The van der Waals surface area contributed by atoms with Crippen molar-refractivity contribution in [3.05, 3.63) is 65.2 Å². The first-order valence-corrected chi connectivity index (χ1v) is 6.68. The molecule has 20 heavy (non-hydrogen) atoms. The highest BCUT2D eigenvalue weighted by atomic mass is 16.6. The van der Waals surface area contributed by atoms with E-state index in [0.717, 1.165) is 12.2 Å². The van der Waals surface area contributed by atoms with Gasteiger partial charge in [-0.15, -0.1) is 0 Å². The van der Waals surface area contributed by atoms with Gasteiger partial charge in [0.05, 0.1) is 6.61 Å².